The molecule has 0 bridgehead atoms. The fourth-order valence-electron chi connectivity index (χ4n) is 2.14. The topological polar surface area (TPSA) is 39.1 Å². The summed E-state index contributed by atoms with van der Waals surface area (Å²) in [5.74, 6) is -0.623. The SMILES string of the molecule is COc1c(CNc2c(F)ccc(C)c2F)c(C)nn1C. The lowest BCUT2D eigenvalue weighted by molar-refractivity contribution is 0.369. The van der Waals surface area contributed by atoms with Crippen LogP contribution in [0.5, 0.6) is 5.88 Å². The first-order valence-corrected chi connectivity index (χ1v) is 6.20. The van der Waals surface area contributed by atoms with Crippen LogP contribution in [0, 0.1) is 25.5 Å². The van der Waals surface area contributed by atoms with Crippen molar-refractivity contribution in [1.29, 1.82) is 0 Å². The van der Waals surface area contributed by atoms with Crippen LogP contribution in [0.25, 0.3) is 0 Å². The average Bonchev–Trinajstić information content (AvgIpc) is 2.68. The van der Waals surface area contributed by atoms with Gasteiger partial charge in [0.15, 0.2) is 5.82 Å². The first-order valence-electron chi connectivity index (χ1n) is 6.20. The fraction of sp³-hybridized carbons (Fsp3) is 0.357. The molecule has 1 aromatic carbocycles. The Morgan fingerprint density at radius 2 is 2.00 bits per heavy atom. The van der Waals surface area contributed by atoms with Gasteiger partial charge in [-0.3, -0.25) is 0 Å². The van der Waals surface area contributed by atoms with Crippen LogP contribution in [0.15, 0.2) is 12.1 Å². The second kappa shape index (κ2) is 5.48. The summed E-state index contributed by atoms with van der Waals surface area (Å²) in [6, 6.07) is 2.65. The zero-order chi connectivity index (χ0) is 14.9. The van der Waals surface area contributed by atoms with Crippen LogP contribution in [0.4, 0.5) is 14.5 Å². The molecule has 2 rings (SSSR count). The van der Waals surface area contributed by atoms with E-state index in [2.05, 4.69) is 10.4 Å². The number of nitrogens with one attached hydrogen (secondary N) is 1. The number of hydrogen-bond acceptors (Lipinski definition) is 3. The molecule has 0 fully saturated rings. The van der Waals surface area contributed by atoms with Gasteiger partial charge in [-0.15, -0.1) is 0 Å². The quantitative estimate of drug-likeness (QED) is 0.936. The normalized spacial score (nSPS) is 10.7. The van der Waals surface area contributed by atoms with Gasteiger partial charge in [0, 0.05) is 13.6 Å². The largest absolute Gasteiger partial charge is 0.481 e. The number of aromatic nitrogens is 2. The van der Waals surface area contributed by atoms with Crippen LogP contribution in [-0.2, 0) is 13.6 Å². The second-order valence-corrected chi connectivity index (χ2v) is 4.60. The summed E-state index contributed by atoms with van der Waals surface area (Å²) in [6.45, 7) is 3.65. The van der Waals surface area contributed by atoms with Crippen molar-refractivity contribution in [1.82, 2.24) is 9.78 Å². The summed E-state index contributed by atoms with van der Waals surface area (Å²) >= 11 is 0. The average molecular weight is 281 g/mol. The number of halogens is 2. The number of rotatable bonds is 4. The Kier molecular flexibility index (Phi) is 3.92. The maximum absolute atomic E-state index is 13.9. The van der Waals surface area contributed by atoms with E-state index in [0.29, 0.717) is 11.4 Å². The van der Waals surface area contributed by atoms with Gasteiger partial charge in [-0.1, -0.05) is 6.07 Å². The lowest BCUT2D eigenvalue weighted by Crippen LogP contribution is -2.06. The Balaban J connectivity index is 2.28. The van der Waals surface area contributed by atoms with Crippen molar-refractivity contribution in [2.45, 2.75) is 20.4 Å². The lowest BCUT2D eigenvalue weighted by Gasteiger charge is -2.11. The molecule has 0 aliphatic rings. The van der Waals surface area contributed by atoms with Crippen molar-refractivity contribution in [2.24, 2.45) is 7.05 Å². The van der Waals surface area contributed by atoms with Crippen LogP contribution >= 0.6 is 0 Å². The minimum Gasteiger partial charge on any atom is -0.481 e. The maximum atomic E-state index is 13.9. The van der Waals surface area contributed by atoms with Crippen LogP contribution in [0.3, 0.4) is 0 Å². The first kappa shape index (κ1) is 14.3. The molecular formula is C14H17F2N3O. The van der Waals surface area contributed by atoms with Gasteiger partial charge >= 0.3 is 0 Å². The number of nitrogens with zero attached hydrogens (tertiary/aromatic N) is 2. The third-order valence-corrected chi connectivity index (χ3v) is 3.21. The van der Waals surface area contributed by atoms with Crippen LogP contribution in [0.1, 0.15) is 16.8 Å². The van der Waals surface area contributed by atoms with Gasteiger partial charge in [0.25, 0.3) is 0 Å². The van der Waals surface area contributed by atoms with Crippen molar-refractivity contribution in [2.75, 3.05) is 12.4 Å². The van der Waals surface area contributed by atoms with Gasteiger partial charge < -0.3 is 10.1 Å². The molecule has 6 heteroatoms. The summed E-state index contributed by atoms with van der Waals surface area (Å²) in [6.07, 6.45) is 0. The Labute approximate surface area is 116 Å². The van der Waals surface area contributed by atoms with E-state index in [1.165, 1.54) is 19.2 Å². The Morgan fingerprint density at radius 3 is 2.65 bits per heavy atom. The molecule has 108 valence electrons. The highest BCUT2D eigenvalue weighted by Gasteiger charge is 2.16. The molecule has 1 N–H and O–H groups in total. The zero-order valence-corrected chi connectivity index (χ0v) is 11.9. The third kappa shape index (κ3) is 2.45. The standard InChI is InChI=1S/C14H17F2N3O/c1-8-5-6-11(15)13(12(8)16)17-7-10-9(2)18-19(3)14(10)20-4/h5-6,17H,7H2,1-4H3. The lowest BCUT2D eigenvalue weighted by atomic mass is 10.2. The van der Waals surface area contributed by atoms with Crippen LogP contribution in [0.2, 0.25) is 0 Å². The molecule has 0 radical (unpaired) electrons. The summed E-state index contributed by atoms with van der Waals surface area (Å²) in [5, 5.41) is 7.00. The van der Waals surface area contributed by atoms with Gasteiger partial charge in [-0.05, 0) is 25.5 Å². The highest BCUT2D eigenvalue weighted by molar-refractivity contribution is 5.50. The van der Waals surface area contributed by atoms with Crippen molar-refractivity contribution < 1.29 is 13.5 Å². The molecule has 1 aromatic heterocycles. The molecule has 0 aliphatic carbocycles. The zero-order valence-electron chi connectivity index (χ0n) is 11.9. The molecule has 0 unspecified atom stereocenters. The molecule has 4 nitrogen and oxygen atoms in total. The third-order valence-electron chi connectivity index (χ3n) is 3.21. The molecule has 1 heterocycles. The fourth-order valence-corrected chi connectivity index (χ4v) is 2.14. The highest BCUT2D eigenvalue weighted by atomic mass is 19.1. The number of ether oxygens (including phenoxy) is 1. The summed E-state index contributed by atoms with van der Waals surface area (Å²) in [7, 11) is 3.29. The first-order chi connectivity index (χ1) is 9.45. The van der Waals surface area contributed by atoms with E-state index in [1.54, 1.807) is 18.7 Å². The van der Waals surface area contributed by atoms with Gasteiger partial charge in [0.2, 0.25) is 5.88 Å². The number of methoxy groups -OCH3 is 1. The van der Waals surface area contributed by atoms with Crippen molar-refractivity contribution >= 4 is 5.69 Å². The molecule has 0 spiro atoms. The predicted octanol–water partition coefficient (Wildman–Crippen LogP) is 2.94. The van der Waals surface area contributed by atoms with Crippen LogP contribution < -0.4 is 10.1 Å². The summed E-state index contributed by atoms with van der Waals surface area (Å²) < 4.78 is 34.4. The van der Waals surface area contributed by atoms with E-state index >= 15 is 0 Å². The number of benzene rings is 1. The highest BCUT2D eigenvalue weighted by Crippen LogP contribution is 2.25. The molecule has 0 aliphatic heterocycles. The Hall–Kier alpha value is -2.11. The molecule has 0 amide bonds. The molecule has 0 saturated heterocycles. The minimum absolute atomic E-state index is 0.129. The van der Waals surface area contributed by atoms with E-state index < -0.39 is 11.6 Å². The van der Waals surface area contributed by atoms with Gasteiger partial charge in [-0.25, -0.2) is 13.5 Å². The van der Waals surface area contributed by atoms with E-state index in [9.17, 15) is 8.78 Å². The van der Waals surface area contributed by atoms with Crippen LogP contribution in [-0.4, -0.2) is 16.9 Å². The number of aryl methyl sites for hydroxylation is 3. The maximum Gasteiger partial charge on any atom is 0.216 e. The Morgan fingerprint density at radius 1 is 1.30 bits per heavy atom. The minimum atomic E-state index is -0.617. The van der Waals surface area contributed by atoms with Crippen molar-refractivity contribution in [3.05, 3.63) is 40.6 Å². The molecule has 2 aromatic rings. The van der Waals surface area contributed by atoms with E-state index in [0.717, 1.165) is 11.3 Å². The molecule has 0 atom stereocenters. The Bertz CT molecular complexity index is 638. The van der Waals surface area contributed by atoms with E-state index in [1.807, 2.05) is 6.92 Å². The summed E-state index contributed by atoms with van der Waals surface area (Å²) in [4.78, 5) is 0. The van der Waals surface area contributed by atoms with E-state index in [4.69, 9.17) is 4.74 Å². The number of hydrogen-bond donors (Lipinski definition) is 1. The molecule has 20 heavy (non-hydrogen) atoms. The van der Waals surface area contributed by atoms with Crippen molar-refractivity contribution in [3.63, 3.8) is 0 Å². The smallest absolute Gasteiger partial charge is 0.216 e. The van der Waals surface area contributed by atoms with Gasteiger partial charge in [0.05, 0.1) is 18.4 Å². The monoisotopic (exact) mass is 281 g/mol. The van der Waals surface area contributed by atoms with E-state index in [-0.39, 0.29) is 12.2 Å². The predicted molar refractivity (Wildman–Crippen MR) is 72.9 cm³/mol. The van der Waals surface area contributed by atoms with Crippen molar-refractivity contribution in [3.8, 4) is 5.88 Å². The molecular weight excluding hydrogens is 264 g/mol. The number of anilines is 1. The summed E-state index contributed by atoms with van der Waals surface area (Å²) in [5.41, 5.74) is 1.79. The van der Waals surface area contributed by atoms with Gasteiger partial charge in [-0.2, -0.15) is 5.10 Å². The second-order valence-electron chi connectivity index (χ2n) is 4.60. The van der Waals surface area contributed by atoms with Gasteiger partial charge in [0.1, 0.15) is 11.5 Å². The molecule has 0 saturated carbocycles.